The zero-order valence-electron chi connectivity index (χ0n) is 10.1. The largest absolute Gasteiger partial charge is 0.376 e. The molecule has 0 aliphatic carbocycles. The van der Waals surface area contributed by atoms with Crippen LogP contribution in [0.15, 0.2) is 18.2 Å². The normalized spacial score (nSPS) is 10.5. The highest BCUT2D eigenvalue weighted by Crippen LogP contribution is 2.11. The molecule has 0 atom stereocenters. The number of rotatable bonds is 6. The van der Waals surface area contributed by atoms with Crippen LogP contribution < -0.4 is 0 Å². The summed E-state index contributed by atoms with van der Waals surface area (Å²) in [6.45, 7) is 5.04. The van der Waals surface area contributed by atoms with Gasteiger partial charge in [-0.2, -0.15) is 5.26 Å². The van der Waals surface area contributed by atoms with Crippen molar-refractivity contribution in [1.29, 1.82) is 5.26 Å². The van der Waals surface area contributed by atoms with Crippen LogP contribution in [0.25, 0.3) is 0 Å². The fourth-order valence-electron chi connectivity index (χ4n) is 1.32. The Bertz CT molecular complexity index is 399. The number of hydrogen-bond donors (Lipinski definition) is 0. The molecule has 0 radical (unpaired) electrons. The third kappa shape index (κ3) is 4.94. The van der Waals surface area contributed by atoms with Gasteiger partial charge >= 0.3 is 0 Å². The highest BCUT2D eigenvalue weighted by Gasteiger charge is 2.04. The standard InChI is InChI=1S/C13H16FNO2/c1-10(2)17-6-5-16-9-12-7-13(14)4-3-11(12)8-15/h3-4,7,10H,5-6,9H2,1-2H3. The van der Waals surface area contributed by atoms with Gasteiger partial charge in [0, 0.05) is 0 Å². The van der Waals surface area contributed by atoms with Crippen LogP contribution in [0.1, 0.15) is 25.0 Å². The van der Waals surface area contributed by atoms with E-state index in [1.807, 2.05) is 19.9 Å². The molecule has 0 spiro atoms. The molecule has 17 heavy (non-hydrogen) atoms. The predicted octanol–water partition coefficient (Wildman–Crippen LogP) is 2.64. The van der Waals surface area contributed by atoms with Gasteiger partial charge in [0.2, 0.25) is 0 Å². The Morgan fingerprint density at radius 3 is 2.76 bits per heavy atom. The number of halogens is 1. The van der Waals surface area contributed by atoms with Crippen molar-refractivity contribution in [1.82, 2.24) is 0 Å². The molecule has 0 N–H and O–H groups in total. The van der Waals surface area contributed by atoms with Gasteiger partial charge in [0.25, 0.3) is 0 Å². The minimum absolute atomic E-state index is 0.169. The van der Waals surface area contributed by atoms with E-state index in [9.17, 15) is 4.39 Å². The van der Waals surface area contributed by atoms with Crippen LogP contribution in [0.3, 0.4) is 0 Å². The molecule has 0 saturated heterocycles. The highest BCUT2D eigenvalue weighted by atomic mass is 19.1. The summed E-state index contributed by atoms with van der Waals surface area (Å²) in [6, 6.07) is 6.05. The van der Waals surface area contributed by atoms with Gasteiger partial charge in [-0.15, -0.1) is 0 Å². The zero-order valence-corrected chi connectivity index (χ0v) is 10.1. The van der Waals surface area contributed by atoms with Crippen molar-refractivity contribution in [3.63, 3.8) is 0 Å². The Morgan fingerprint density at radius 2 is 2.12 bits per heavy atom. The lowest BCUT2D eigenvalue weighted by Gasteiger charge is -2.09. The zero-order chi connectivity index (χ0) is 12.7. The summed E-state index contributed by atoms with van der Waals surface area (Å²) in [6.07, 6.45) is 0.169. The topological polar surface area (TPSA) is 42.2 Å². The van der Waals surface area contributed by atoms with E-state index >= 15 is 0 Å². The summed E-state index contributed by atoms with van der Waals surface area (Å²) in [5.74, 6) is -0.360. The first-order valence-corrected chi connectivity index (χ1v) is 5.51. The minimum Gasteiger partial charge on any atom is -0.376 e. The van der Waals surface area contributed by atoms with E-state index in [0.717, 1.165) is 0 Å². The van der Waals surface area contributed by atoms with Crippen molar-refractivity contribution in [3.8, 4) is 6.07 Å². The molecular weight excluding hydrogens is 221 g/mol. The Labute approximate surface area is 101 Å². The van der Waals surface area contributed by atoms with E-state index in [1.54, 1.807) is 0 Å². The van der Waals surface area contributed by atoms with Crippen LogP contribution in [0.2, 0.25) is 0 Å². The lowest BCUT2D eigenvalue weighted by molar-refractivity contribution is 0.0142. The van der Waals surface area contributed by atoms with Crippen LogP contribution in [0.4, 0.5) is 4.39 Å². The molecule has 0 unspecified atom stereocenters. The van der Waals surface area contributed by atoms with E-state index in [1.165, 1.54) is 18.2 Å². The lowest BCUT2D eigenvalue weighted by Crippen LogP contribution is -2.09. The summed E-state index contributed by atoms with van der Waals surface area (Å²) < 4.78 is 23.6. The third-order valence-electron chi connectivity index (χ3n) is 2.12. The van der Waals surface area contributed by atoms with Crippen LogP contribution >= 0.6 is 0 Å². The second kappa shape index (κ2) is 7.00. The molecule has 0 heterocycles. The summed E-state index contributed by atoms with van der Waals surface area (Å²) in [4.78, 5) is 0. The minimum atomic E-state index is -0.360. The van der Waals surface area contributed by atoms with Crippen molar-refractivity contribution in [3.05, 3.63) is 35.1 Å². The molecule has 92 valence electrons. The monoisotopic (exact) mass is 237 g/mol. The van der Waals surface area contributed by atoms with Crippen molar-refractivity contribution in [2.45, 2.75) is 26.6 Å². The molecule has 4 heteroatoms. The van der Waals surface area contributed by atoms with Gasteiger partial charge in [0.15, 0.2) is 0 Å². The van der Waals surface area contributed by atoms with Gasteiger partial charge in [-0.3, -0.25) is 0 Å². The second-order valence-electron chi connectivity index (χ2n) is 3.89. The Hall–Kier alpha value is -1.44. The number of nitriles is 1. The van der Waals surface area contributed by atoms with Gasteiger partial charge in [0.1, 0.15) is 5.82 Å². The third-order valence-corrected chi connectivity index (χ3v) is 2.12. The van der Waals surface area contributed by atoms with Crippen molar-refractivity contribution >= 4 is 0 Å². The van der Waals surface area contributed by atoms with Gasteiger partial charge in [-0.25, -0.2) is 4.39 Å². The molecule has 1 aromatic carbocycles. The Morgan fingerprint density at radius 1 is 1.35 bits per heavy atom. The smallest absolute Gasteiger partial charge is 0.123 e. The molecule has 0 aliphatic heterocycles. The van der Waals surface area contributed by atoms with E-state index in [-0.39, 0.29) is 18.5 Å². The molecule has 0 aromatic heterocycles. The Balaban J connectivity index is 2.41. The SMILES string of the molecule is CC(C)OCCOCc1cc(F)ccc1C#N. The fourth-order valence-corrected chi connectivity index (χ4v) is 1.32. The van der Waals surface area contributed by atoms with Gasteiger partial charge in [-0.05, 0) is 37.6 Å². The van der Waals surface area contributed by atoms with Crippen molar-refractivity contribution < 1.29 is 13.9 Å². The fraction of sp³-hybridized carbons (Fsp3) is 0.462. The summed E-state index contributed by atoms with van der Waals surface area (Å²) >= 11 is 0. The van der Waals surface area contributed by atoms with E-state index < -0.39 is 0 Å². The number of nitrogens with zero attached hydrogens (tertiary/aromatic N) is 1. The quantitative estimate of drug-likeness (QED) is 0.714. The first-order chi connectivity index (χ1) is 8.13. The second-order valence-corrected chi connectivity index (χ2v) is 3.89. The maximum Gasteiger partial charge on any atom is 0.123 e. The Kier molecular flexibility index (Phi) is 5.61. The lowest BCUT2D eigenvalue weighted by atomic mass is 10.1. The van der Waals surface area contributed by atoms with Crippen LogP contribution in [-0.4, -0.2) is 19.3 Å². The molecule has 0 aliphatic rings. The molecule has 3 nitrogen and oxygen atoms in total. The maximum atomic E-state index is 13.0. The summed E-state index contributed by atoms with van der Waals surface area (Å²) in [7, 11) is 0. The van der Waals surface area contributed by atoms with E-state index in [4.69, 9.17) is 14.7 Å². The van der Waals surface area contributed by atoms with Gasteiger partial charge < -0.3 is 9.47 Å². The van der Waals surface area contributed by atoms with Crippen LogP contribution in [0.5, 0.6) is 0 Å². The van der Waals surface area contributed by atoms with Crippen LogP contribution in [-0.2, 0) is 16.1 Å². The predicted molar refractivity (Wildman–Crippen MR) is 61.9 cm³/mol. The van der Waals surface area contributed by atoms with Gasteiger partial charge in [0.05, 0.1) is 37.6 Å². The van der Waals surface area contributed by atoms with Gasteiger partial charge in [-0.1, -0.05) is 0 Å². The number of benzene rings is 1. The average molecular weight is 237 g/mol. The molecular formula is C13H16FNO2. The first kappa shape index (κ1) is 13.6. The van der Waals surface area contributed by atoms with Crippen LogP contribution in [0, 0.1) is 17.1 Å². The average Bonchev–Trinajstić information content (AvgIpc) is 2.28. The van der Waals surface area contributed by atoms with E-state index in [2.05, 4.69) is 0 Å². The molecule has 1 aromatic rings. The summed E-state index contributed by atoms with van der Waals surface area (Å²) in [5, 5.41) is 8.83. The number of ether oxygens (including phenoxy) is 2. The molecule has 1 rings (SSSR count). The number of hydrogen-bond acceptors (Lipinski definition) is 3. The molecule has 0 bridgehead atoms. The highest BCUT2D eigenvalue weighted by molar-refractivity contribution is 5.37. The maximum absolute atomic E-state index is 13.0. The summed E-state index contributed by atoms with van der Waals surface area (Å²) in [5.41, 5.74) is 1.01. The van der Waals surface area contributed by atoms with E-state index in [0.29, 0.717) is 24.3 Å². The first-order valence-electron chi connectivity index (χ1n) is 5.51. The molecule has 0 amide bonds. The molecule has 0 fully saturated rings. The van der Waals surface area contributed by atoms with Crippen molar-refractivity contribution in [2.24, 2.45) is 0 Å². The molecule has 0 saturated carbocycles. The van der Waals surface area contributed by atoms with Crippen molar-refractivity contribution in [2.75, 3.05) is 13.2 Å².